The smallest absolute Gasteiger partial charge is 0.248 e. The molecule has 2 N–H and O–H groups in total. The molecule has 4 nitrogen and oxygen atoms in total. The van der Waals surface area contributed by atoms with Crippen LogP contribution in [0.25, 0.3) is 0 Å². The molecular weight excluding hydrogens is 216 g/mol. The van der Waals surface area contributed by atoms with Crippen molar-refractivity contribution in [2.24, 2.45) is 5.73 Å². The number of amides is 1. The highest BCUT2D eigenvalue weighted by atomic mass is 35.5. The number of piperidine rings is 1. The Balaban J connectivity index is 0.00000196. The van der Waals surface area contributed by atoms with Gasteiger partial charge in [-0.2, -0.15) is 0 Å². The molecule has 5 heteroatoms. The van der Waals surface area contributed by atoms with Crippen molar-refractivity contribution in [3.8, 4) is 0 Å². The molecule has 0 aromatic heterocycles. The standard InChI is InChI=1S/C10H20N2O2.ClH/c1-8(2)14-7-10(13)12-5-3-4-9(11)6-12;/h8-9H,3-7,11H2,1-2H3;1H/t9-;/m1./s1. The van der Waals surface area contributed by atoms with Crippen LogP contribution < -0.4 is 5.73 Å². The largest absolute Gasteiger partial charge is 0.369 e. The highest BCUT2D eigenvalue weighted by molar-refractivity contribution is 5.85. The van der Waals surface area contributed by atoms with Crippen molar-refractivity contribution in [3.05, 3.63) is 0 Å². The maximum Gasteiger partial charge on any atom is 0.248 e. The maximum absolute atomic E-state index is 11.6. The zero-order chi connectivity index (χ0) is 10.6. The molecule has 0 aliphatic carbocycles. The van der Waals surface area contributed by atoms with Crippen molar-refractivity contribution < 1.29 is 9.53 Å². The van der Waals surface area contributed by atoms with Crippen LogP contribution in [-0.2, 0) is 9.53 Å². The van der Waals surface area contributed by atoms with Crippen molar-refractivity contribution in [3.63, 3.8) is 0 Å². The summed E-state index contributed by atoms with van der Waals surface area (Å²) >= 11 is 0. The molecule has 0 unspecified atom stereocenters. The van der Waals surface area contributed by atoms with Crippen molar-refractivity contribution in [2.45, 2.75) is 38.8 Å². The molecule has 1 heterocycles. The van der Waals surface area contributed by atoms with E-state index >= 15 is 0 Å². The molecule has 0 radical (unpaired) electrons. The van der Waals surface area contributed by atoms with Crippen molar-refractivity contribution >= 4 is 18.3 Å². The molecular formula is C10H21ClN2O2. The fraction of sp³-hybridized carbons (Fsp3) is 0.900. The fourth-order valence-corrected chi connectivity index (χ4v) is 1.57. The number of nitrogens with zero attached hydrogens (tertiary/aromatic N) is 1. The number of hydrogen-bond donors (Lipinski definition) is 1. The summed E-state index contributed by atoms with van der Waals surface area (Å²) in [5, 5.41) is 0. The predicted molar refractivity (Wildman–Crippen MR) is 62.1 cm³/mol. The predicted octanol–water partition coefficient (Wildman–Crippen LogP) is 0.783. The van der Waals surface area contributed by atoms with E-state index in [9.17, 15) is 4.79 Å². The average molecular weight is 237 g/mol. The van der Waals surface area contributed by atoms with Gasteiger partial charge in [0.25, 0.3) is 0 Å². The lowest BCUT2D eigenvalue weighted by Crippen LogP contribution is -2.47. The summed E-state index contributed by atoms with van der Waals surface area (Å²) in [6.45, 7) is 5.54. The van der Waals surface area contributed by atoms with E-state index < -0.39 is 0 Å². The number of halogens is 1. The molecule has 1 atom stereocenters. The molecule has 1 amide bonds. The summed E-state index contributed by atoms with van der Waals surface area (Å²) < 4.78 is 5.26. The van der Waals surface area contributed by atoms with Gasteiger partial charge in [0.2, 0.25) is 5.91 Å². The fourth-order valence-electron chi connectivity index (χ4n) is 1.57. The molecule has 0 aromatic rings. The van der Waals surface area contributed by atoms with Crippen molar-refractivity contribution in [1.29, 1.82) is 0 Å². The first kappa shape index (κ1) is 14.7. The van der Waals surface area contributed by atoms with Crippen LogP contribution in [0, 0.1) is 0 Å². The van der Waals surface area contributed by atoms with Crippen LogP contribution in [0.4, 0.5) is 0 Å². The quantitative estimate of drug-likeness (QED) is 0.788. The van der Waals surface area contributed by atoms with Gasteiger partial charge in [-0.15, -0.1) is 12.4 Å². The SMILES string of the molecule is CC(C)OCC(=O)N1CCC[C@@H](N)C1.Cl. The monoisotopic (exact) mass is 236 g/mol. The number of ether oxygens (including phenoxy) is 1. The summed E-state index contributed by atoms with van der Waals surface area (Å²) in [4.78, 5) is 13.4. The average Bonchev–Trinajstić information content (AvgIpc) is 2.14. The highest BCUT2D eigenvalue weighted by Crippen LogP contribution is 2.08. The second kappa shape index (κ2) is 7.04. The van der Waals surface area contributed by atoms with Gasteiger partial charge in [0, 0.05) is 19.1 Å². The minimum absolute atomic E-state index is 0. The van der Waals surface area contributed by atoms with Gasteiger partial charge in [0.1, 0.15) is 6.61 Å². The van der Waals surface area contributed by atoms with Crippen LogP contribution in [0.2, 0.25) is 0 Å². The van der Waals surface area contributed by atoms with Gasteiger partial charge in [-0.05, 0) is 26.7 Å². The topological polar surface area (TPSA) is 55.6 Å². The Kier molecular flexibility index (Phi) is 6.89. The van der Waals surface area contributed by atoms with Gasteiger partial charge in [0.05, 0.1) is 6.10 Å². The van der Waals surface area contributed by atoms with Gasteiger partial charge in [-0.1, -0.05) is 0 Å². The van der Waals surface area contributed by atoms with E-state index in [2.05, 4.69) is 0 Å². The Bertz CT molecular complexity index is 200. The van der Waals surface area contributed by atoms with E-state index in [4.69, 9.17) is 10.5 Å². The highest BCUT2D eigenvalue weighted by Gasteiger charge is 2.21. The Morgan fingerprint density at radius 1 is 1.60 bits per heavy atom. The number of carbonyl (C=O) groups excluding carboxylic acids is 1. The van der Waals surface area contributed by atoms with Crippen molar-refractivity contribution in [2.75, 3.05) is 19.7 Å². The van der Waals surface area contributed by atoms with E-state index in [-0.39, 0.29) is 37.1 Å². The summed E-state index contributed by atoms with van der Waals surface area (Å²) in [5.41, 5.74) is 5.78. The van der Waals surface area contributed by atoms with Crippen LogP contribution in [0.15, 0.2) is 0 Å². The molecule has 1 aliphatic heterocycles. The second-order valence-corrected chi connectivity index (χ2v) is 4.10. The van der Waals surface area contributed by atoms with E-state index in [0.717, 1.165) is 19.4 Å². The Hall–Kier alpha value is -0.320. The van der Waals surface area contributed by atoms with Crippen LogP contribution in [-0.4, -0.2) is 42.6 Å². The van der Waals surface area contributed by atoms with Crippen LogP contribution in [0.3, 0.4) is 0 Å². The number of likely N-dealkylation sites (tertiary alicyclic amines) is 1. The molecule has 15 heavy (non-hydrogen) atoms. The minimum Gasteiger partial charge on any atom is -0.369 e. The van der Waals surface area contributed by atoms with Gasteiger partial charge in [-0.25, -0.2) is 0 Å². The van der Waals surface area contributed by atoms with Gasteiger partial charge in [-0.3, -0.25) is 4.79 Å². The number of hydrogen-bond acceptors (Lipinski definition) is 3. The Morgan fingerprint density at radius 2 is 2.27 bits per heavy atom. The van der Waals surface area contributed by atoms with Gasteiger partial charge >= 0.3 is 0 Å². The zero-order valence-electron chi connectivity index (χ0n) is 9.44. The van der Waals surface area contributed by atoms with E-state index in [1.165, 1.54) is 0 Å². The van der Waals surface area contributed by atoms with Gasteiger partial charge < -0.3 is 15.4 Å². The minimum atomic E-state index is 0. The van der Waals surface area contributed by atoms with Gasteiger partial charge in [0.15, 0.2) is 0 Å². The van der Waals surface area contributed by atoms with Crippen molar-refractivity contribution in [1.82, 2.24) is 4.90 Å². The number of carbonyl (C=O) groups is 1. The van der Waals surface area contributed by atoms with Crippen LogP contribution in [0.5, 0.6) is 0 Å². The molecule has 1 aliphatic rings. The third-order valence-electron chi connectivity index (χ3n) is 2.35. The molecule has 0 spiro atoms. The molecule has 90 valence electrons. The zero-order valence-corrected chi connectivity index (χ0v) is 10.3. The van der Waals surface area contributed by atoms with Crippen LogP contribution >= 0.6 is 12.4 Å². The normalized spacial score (nSPS) is 21.3. The first-order valence-electron chi connectivity index (χ1n) is 5.24. The summed E-state index contributed by atoms with van der Waals surface area (Å²) in [7, 11) is 0. The number of rotatable bonds is 3. The Labute approximate surface area is 97.5 Å². The summed E-state index contributed by atoms with van der Waals surface area (Å²) in [6, 6.07) is 0.145. The third-order valence-corrected chi connectivity index (χ3v) is 2.35. The van der Waals surface area contributed by atoms with E-state index in [0.29, 0.717) is 6.54 Å². The lowest BCUT2D eigenvalue weighted by molar-refractivity contribution is -0.138. The molecule has 0 saturated carbocycles. The summed E-state index contributed by atoms with van der Waals surface area (Å²) in [5.74, 6) is 0.0638. The molecule has 0 bridgehead atoms. The maximum atomic E-state index is 11.6. The molecule has 0 aromatic carbocycles. The lowest BCUT2D eigenvalue weighted by Gasteiger charge is -2.30. The lowest BCUT2D eigenvalue weighted by atomic mass is 10.1. The first-order chi connectivity index (χ1) is 6.59. The van der Waals surface area contributed by atoms with E-state index in [1.54, 1.807) is 4.90 Å². The van der Waals surface area contributed by atoms with Crippen LogP contribution in [0.1, 0.15) is 26.7 Å². The molecule has 1 rings (SSSR count). The first-order valence-corrected chi connectivity index (χ1v) is 5.24. The second-order valence-electron chi connectivity index (χ2n) is 4.10. The Morgan fingerprint density at radius 3 is 2.80 bits per heavy atom. The summed E-state index contributed by atoms with van der Waals surface area (Å²) in [6.07, 6.45) is 2.14. The third kappa shape index (κ3) is 5.35. The number of nitrogens with two attached hydrogens (primary N) is 1. The van der Waals surface area contributed by atoms with E-state index in [1.807, 2.05) is 13.8 Å². The molecule has 1 fully saturated rings. The molecule has 1 saturated heterocycles.